The molecule has 4 aromatic rings. The van der Waals surface area contributed by atoms with Gasteiger partial charge in [0.25, 0.3) is 0 Å². The largest absolute Gasteiger partial charge is 0.496 e. The second-order valence-electron chi connectivity index (χ2n) is 12.2. The van der Waals surface area contributed by atoms with Crippen LogP contribution in [0.3, 0.4) is 0 Å². The maximum atomic E-state index is 14.3. The van der Waals surface area contributed by atoms with Crippen molar-refractivity contribution in [2.45, 2.75) is 79.3 Å². The van der Waals surface area contributed by atoms with Gasteiger partial charge >= 0.3 is 10.1 Å². The van der Waals surface area contributed by atoms with E-state index in [1.54, 1.807) is 56.7 Å². The first kappa shape index (κ1) is 33.2. The van der Waals surface area contributed by atoms with Gasteiger partial charge in [-0.2, -0.15) is 8.42 Å². The Kier molecular flexibility index (Phi) is 9.63. The first-order valence-electron chi connectivity index (χ1n) is 14.2. The maximum Gasteiger partial charge on any atom is 0.307 e. The Morgan fingerprint density at radius 3 is 1.48 bits per heavy atom. The summed E-state index contributed by atoms with van der Waals surface area (Å²) in [4.78, 5) is 1.65. The van der Waals surface area contributed by atoms with Crippen LogP contribution in [0, 0.1) is 6.92 Å². The summed E-state index contributed by atoms with van der Waals surface area (Å²) < 4.78 is 59.7. The molecule has 0 aliphatic heterocycles. The Morgan fingerprint density at radius 2 is 1.00 bits per heavy atom. The van der Waals surface area contributed by atoms with Gasteiger partial charge in [0, 0.05) is 4.90 Å². The second-order valence-corrected chi connectivity index (χ2v) is 16.6. The fraction of sp³-hybridized carbons (Fsp3) is 0.314. The van der Waals surface area contributed by atoms with E-state index in [1.807, 2.05) is 97.0 Å². The maximum absolute atomic E-state index is 14.3. The van der Waals surface area contributed by atoms with Gasteiger partial charge in [0.1, 0.15) is 22.7 Å². The highest BCUT2D eigenvalue weighted by Gasteiger charge is 2.43. The van der Waals surface area contributed by atoms with Crippen molar-refractivity contribution < 1.29 is 31.0 Å². The van der Waals surface area contributed by atoms with Gasteiger partial charge in [-0.1, -0.05) is 42.0 Å². The zero-order valence-electron chi connectivity index (χ0n) is 26.8. The highest BCUT2D eigenvalue weighted by Crippen LogP contribution is 2.74. The standard InChI is InChI=1S/C35H42O7S2/c1-25-18-20-26(21-19-25)44(36,37)42-43(32-16-12-10-14-29(32)38-8,33-17-13-11-15-30(33)39-9)27-22-23-28(40-34(2,3)4)31(24-27)41-35(5,6)7/h10-24H,1-9H3. The van der Waals surface area contributed by atoms with Crippen LogP contribution in [0.4, 0.5) is 0 Å². The molecule has 0 atom stereocenters. The third kappa shape index (κ3) is 7.34. The Hall–Kier alpha value is -3.66. The van der Waals surface area contributed by atoms with Gasteiger partial charge in [-0.25, -0.2) is 3.63 Å². The zero-order valence-corrected chi connectivity index (χ0v) is 28.5. The third-order valence-corrected chi connectivity index (χ3v) is 11.6. The molecule has 0 saturated heterocycles. The first-order valence-corrected chi connectivity index (χ1v) is 17.2. The van der Waals surface area contributed by atoms with Gasteiger partial charge in [-0.05, 0) is 113 Å². The summed E-state index contributed by atoms with van der Waals surface area (Å²) in [6.45, 7) is 13.6. The van der Waals surface area contributed by atoms with Crippen molar-refractivity contribution in [2.24, 2.45) is 0 Å². The molecule has 0 N–H and O–H groups in total. The van der Waals surface area contributed by atoms with E-state index in [-0.39, 0.29) is 4.90 Å². The molecule has 0 saturated carbocycles. The number of hydrogen-bond acceptors (Lipinski definition) is 7. The molecule has 0 aliphatic rings. The van der Waals surface area contributed by atoms with Crippen molar-refractivity contribution in [3.8, 4) is 23.0 Å². The molecular weight excluding hydrogens is 597 g/mol. The summed E-state index contributed by atoms with van der Waals surface area (Å²) in [5.41, 5.74) is -0.177. The number of methoxy groups -OCH3 is 2. The van der Waals surface area contributed by atoms with Crippen molar-refractivity contribution in [1.29, 1.82) is 0 Å². The van der Waals surface area contributed by atoms with Crippen molar-refractivity contribution in [1.82, 2.24) is 0 Å². The summed E-state index contributed by atoms with van der Waals surface area (Å²) in [6.07, 6.45) is 0. The molecular formula is C35H42O7S2. The lowest BCUT2D eigenvalue weighted by Crippen LogP contribution is -2.26. The monoisotopic (exact) mass is 638 g/mol. The topological polar surface area (TPSA) is 80.3 Å². The van der Waals surface area contributed by atoms with Gasteiger partial charge < -0.3 is 18.9 Å². The first-order chi connectivity index (χ1) is 20.6. The van der Waals surface area contributed by atoms with Crippen LogP contribution >= 0.6 is 10.3 Å². The Bertz CT molecular complexity index is 1650. The number of aryl methyl sites for hydroxylation is 1. The van der Waals surface area contributed by atoms with Crippen molar-refractivity contribution in [2.75, 3.05) is 14.2 Å². The Morgan fingerprint density at radius 1 is 0.545 bits per heavy atom. The lowest BCUT2D eigenvalue weighted by Gasteiger charge is -2.41. The van der Waals surface area contributed by atoms with Crippen LogP contribution < -0.4 is 18.9 Å². The molecule has 0 aliphatic carbocycles. The van der Waals surface area contributed by atoms with Crippen molar-refractivity contribution in [3.63, 3.8) is 0 Å². The quantitative estimate of drug-likeness (QED) is 0.172. The molecule has 0 aromatic heterocycles. The van der Waals surface area contributed by atoms with Crippen molar-refractivity contribution in [3.05, 3.63) is 96.6 Å². The van der Waals surface area contributed by atoms with Gasteiger partial charge in [-0.15, -0.1) is 0 Å². The van der Waals surface area contributed by atoms with Crippen LogP contribution in [0.5, 0.6) is 23.0 Å². The van der Waals surface area contributed by atoms with E-state index in [0.717, 1.165) is 5.56 Å². The second kappa shape index (κ2) is 12.8. The van der Waals surface area contributed by atoms with E-state index in [9.17, 15) is 8.42 Å². The molecule has 0 radical (unpaired) electrons. The van der Waals surface area contributed by atoms with Crippen LogP contribution in [-0.2, 0) is 13.7 Å². The lowest BCUT2D eigenvalue weighted by atomic mass is 10.1. The molecule has 0 bridgehead atoms. The highest BCUT2D eigenvalue weighted by atomic mass is 32.3. The van der Waals surface area contributed by atoms with Crippen LogP contribution in [0.2, 0.25) is 0 Å². The van der Waals surface area contributed by atoms with Gasteiger partial charge in [0.15, 0.2) is 11.5 Å². The zero-order chi connectivity index (χ0) is 32.3. The van der Waals surface area contributed by atoms with E-state index in [2.05, 4.69) is 0 Å². The number of rotatable bonds is 10. The number of benzene rings is 4. The van der Waals surface area contributed by atoms with Crippen LogP contribution in [0.15, 0.2) is 111 Å². The molecule has 44 heavy (non-hydrogen) atoms. The van der Waals surface area contributed by atoms with E-state index < -0.39 is 31.6 Å². The SMILES string of the molecule is COc1ccccc1S(OS(=O)(=O)c1ccc(C)cc1)(c1ccc(OC(C)(C)C)c(OC(C)(C)C)c1)c1ccccc1OC. The summed E-state index contributed by atoms with van der Waals surface area (Å²) in [7, 11) is -4.41. The molecule has 236 valence electrons. The molecule has 4 aromatic carbocycles. The van der Waals surface area contributed by atoms with Crippen molar-refractivity contribution >= 4 is 20.4 Å². The molecule has 0 unspecified atom stereocenters. The summed E-state index contributed by atoms with van der Waals surface area (Å²) in [5.74, 6) is 1.88. The normalized spacial score (nSPS) is 12.8. The van der Waals surface area contributed by atoms with E-state index >= 15 is 0 Å². The molecule has 0 fully saturated rings. The molecule has 0 spiro atoms. The predicted octanol–water partition coefficient (Wildman–Crippen LogP) is 8.97. The average molecular weight is 639 g/mol. The van der Waals surface area contributed by atoms with E-state index in [4.69, 9.17) is 22.6 Å². The summed E-state index contributed by atoms with van der Waals surface area (Å²) in [6, 6.07) is 26.6. The minimum absolute atomic E-state index is 0.0311. The summed E-state index contributed by atoms with van der Waals surface area (Å²) in [5, 5.41) is 0. The average Bonchev–Trinajstić information content (AvgIpc) is 2.95. The summed E-state index contributed by atoms with van der Waals surface area (Å²) >= 11 is 0. The van der Waals surface area contributed by atoms with Gasteiger partial charge in [-0.3, -0.25) is 0 Å². The molecule has 9 heteroatoms. The number of para-hydroxylation sites is 2. The minimum Gasteiger partial charge on any atom is -0.496 e. The predicted molar refractivity (Wildman–Crippen MR) is 175 cm³/mol. The third-order valence-electron chi connectivity index (χ3n) is 6.34. The highest BCUT2D eigenvalue weighted by molar-refractivity contribution is 8.33. The lowest BCUT2D eigenvalue weighted by molar-refractivity contribution is 0.0954. The van der Waals surface area contributed by atoms with Gasteiger partial charge in [0.2, 0.25) is 0 Å². The van der Waals surface area contributed by atoms with Crippen LogP contribution in [0.1, 0.15) is 47.1 Å². The van der Waals surface area contributed by atoms with E-state index in [0.29, 0.717) is 37.7 Å². The molecule has 0 heterocycles. The fourth-order valence-corrected chi connectivity index (χ4v) is 10.0. The minimum atomic E-state index is -4.36. The number of hydrogen-bond donors (Lipinski definition) is 0. The Labute approximate surface area is 263 Å². The molecule has 4 rings (SSSR count). The number of ether oxygens (including phenoxy) is 4. The van der Waals surface area contributed by atoms with Gasteiger partial charge in [0.05, 0.1) is 28.9 Å². The van der Waals surface area contributed by atoms with Crippen LogP contribution in [-0.4, -0.2) is 33.8 Å². The fourth-order valence-electron chi connectivity index (χ4n) is 4.57. The molecule has 7 nitrogen and oxygen atoms in total. The van der Waals surface area contributed by atoms with Crippen LogP contribution in [0.25, 0.3) is 0 Å². The smallest absolute Gasteiger partial charge is 0.307 e. The molecule has 0 amide bonds. The Balaban J connectivity index is 2.16. The van der Waals surface area contributed by atoms with E-state index in [1.165, 1.54) is 0 Å².